The van der Waals surface area contributed by atoms with Crippen LogP contribution in [0.1, 0.15) is 37.9 Å². The molecule has 0 bridgehead atoms. The molecular formula is C24H30N4O2. The van der Waals surface area contributed by atoms with E-state index in [1.807, 2.05) is 84.1 Å². The van der Waals surface area contributed by atoms with Crippen LogP contribution in [-0.2, 0) is 6.54 Å². The number of urea groups is 1. The lowest BCUT2D eigenvalue weighted by Gasteiger charge is -2.23. The van der Waals surface area contributed by atoms with Crippen LogP contribution in [0.2, 0.25) is 0 Å². The average molecular weight is 407 g/mol. The molecule has 0 atom stereocenters. The second-order valence-electron chi connectivity index (χ2n) is 7.19. The van der Waals surface area contributed by atoms with E-state index in [0.717, 1.165) is 35.5 Å². The van der Waals surface area contributed by atoms with E-state index in [1.165, 1.54) is 0 Å². The normalized spacial score (nSPS) is 10.6. The van der Waals surface area contributed by atoms with Gasteiger partial charge in [-0.25, -0.2) is 9.48 Å². The van der Waals surface area contributed by atoms with Gasteiger partial charge in [0.25, 0.3) is 0 Å². The number of benzene rings is 2. The van der Waals surface area contributed by atoms with Gasteiger partial charge in [0.15, 0.2) is 0 Å². The second kappa shape index (κ2) is 10.5. The van der Waals surface area contributed by atoms with Gasteiger partial charge in [0, 0.05) is 13.1 Å². The Labute approximate surface area is 178 Å². The number of rotatable bonds is 9. The van der Waals surface area contributed by atoms with Crippen molar-refractivity contribution in [2.45, 2.75) is 40.2 Å². The summed E-state index contributed by atoms with van der Waals surface area (Å²) < 4.78 is 8.11. The van der Waals surface area contributed by atoms with Crippen LogP contribution < -0.4 is 10.1 Å². The smallest absolute Gasteiger partial charge is 0.317 e. The first kappa shape index (κ1) is 21.4. The van der Waals surface area contributed by atoms with Gasteiger partial charge in [-0.3, -0.25) is 0 Å². The molecular weight excluding hydrogens is 376 g/mol. The first-order valence-electron chi connectivity index (χ1n) is 10.5. The van der Waals surface area contributed by atoms with Crippen molar-refractivity contribution in [2.24, 2.45) is 0 Å². The molecule has 1 N–H and O–H groups in total. The molecule has 6 nitrogen and oxygen atoms in total. The molecule has 0 unspecified atom stereocenters. The summed E-state index contributed by atoms with van der Waals surface area (Å²) in [6, 6.07) is 19.5. The standard InChI is InChI=1S/C24H30N4O2/c1-4-16-25-24(29)27(17-5-2)18-22-19(3)26-28(20-12-8-6-9-13-20)23(22)30-21-14-10-7-11-15-21/h6-15H,4-5,16-18H2,1-3H3,(H,25,29). The Balaban J connectivity index is 1.99. The minimum absolute atomic E-state index is 0.0591. The molecule has 0 radical (unpaired) electrons. The van der Waals surface area contributed by atoms with Crippen molar-refractivity contribution in [3.05, 3.63) is 71.9 Å². The molecule has 30 heavy (non-hydrogen) atoms. The lowest BCUT2D eigenvalue weighted by molar-refractivity contribution is 0.194. The first-order valence-corrected chi connectivity index (χ1v) is 10.5. The lowest BCUT2D eigenvalue weighted by atomic mass is 10.2. The van der Waals surface area contributed by atoms with E-state index in [4.69, 9.17) is 9.84 Å². The number of hydrogen-bond donors (Lipinski definition) is 1. The molecule has 0 spiro atoms. The lowest BCUT2D eigenvalue weighted by Crippen LogP contribution is -2.40. The van der Waals surface area contributed by atoms with Gasteiger partial charge in [-0.15, -0.1) is 0 Å². The number of carbonyl (C=O) groups is 1. The molecule has 3 rings (SSSR count). The summed E-state index contributed by atoms with van der Waals surface area (Å²) in [5.41, 5.74) is 2.66. The Morgan fingerprint density at radius 2 is 1.70 bits per heavy atom. The third-order valence-corrected chi connectivity index (χ3v) is 4.75. The highest BCUT2D eigenvalue weighted by molar-refractivity contribution is 5.74. The van der Waals surface area contributed by atoms with Gasteiger partial charge in [-0.1, -0.05) is 50.2 Å². The van der Waals surface area contributed by atoms with Crippen molar-refractivity contribution >= 4 is 6.03 Å². The van der Waals surface area contributed by atoms with E-state index >= 15 is 0 Å². The second-order valence-corrected chi connectivity index (χ2v) is 7.19. The largest absolute Gasteiger partial charge is 0.439 e. The van der Waals surface area contributed by atoms with Crippen LogP contribution in [0.5, 0.6) is 11.6 Å². The third kappa shape index (κ3) is 5.20. The summed E-state index contributed by atoms with van der Waals surface area (Å²) in [6.07, 6.45) is 1.78. The van der Waals surface area contributed by atoms with Crippen LogP contribution in [0.15, 0.2) is 60.7 Å². The summed E-state index contributed by atoms with van der Waals surface area (Å²) in [5.74, 6) is 1.36. The van der Waals surface area contributed by atoms with Gasteiger partial charge >= 0.3 is 6.03 Å². The molecule has 3 aromatic rings. The molecule has 0 fully saturated rings. The van der Waals surface area contributed by atoms with E-state index < -0.39 is 0 Å². The van der Waals surface area contributed by atoms with Crippen molar-refractivity contribution in [1.82, 2.24) is 20.0 Å². The zero-order valence-corrected chi connectivity index (χ0v) is 18.0. The monoisotopic (exact) mass is 406 g/mol. The van der Waals surface area contributed by atoms with Crippen molar-refractivity contribution in [3.8, 4) is 17.3 Å². The number of nitrogens with zero attached hydrogens (tertiary/aromatic N) is 3. The van der Waals surface area contributed by atoms with Gasteiger partial charge < -0.3 is 15.0 Å². The van der Waals surface area contributed by atoms with Crippen LogP contribution in [0.25, 0.3) is 5.69 Å². The Hall–Kier alpha value is -3.28. The molecule has 158 valence electrons. The van der Waals surface area contributed by atoms with E-state index in [-0.39, 0.29) is 6.03 Å². The van der Waals surface area contributed by atoms with Gasteiger partial charge in [0.05, 0.1) is 23.5 Å². The predicted octanol–water partition coefficient (Wildman–Crippen LogP) is 5.30. The maximum Gasteiger partial charge on any atom is 0.317 e. The number of nitrogens with one attached hydrogen (secondary N) is 1. The van der Waals surface area contributed by atoms with Crippen molar-refractivity contribution < 1.29 is 9.53 Å². The van der Waals surface area contributed by atoms with E-state index in [0.29, 0.717) is 25.5 Å². The minimum atomic E-state index is -0.0591. The SMILES string of the molecule is CCCNC(=O)N(CCC)Cc1c(C)nn(-c2ccccc2)c1Oc1ccccc1. The molecule has 0 aliphatic carbocycles. The van der Waals surface area contributed by atoms with Gasteiger partial charge in [-0.05, 0) is 44.0 Å². The Bertz CT molecular complexity index is 939. The highest BCUT2D eigenvalue weighted by Gasteiger charge is 2.23. The minimum Gasteiger partial charge on any atom is -0.439 e. The highest BCUT2D eigenvalue weighted by Crippen LogP contribution is 2.31. The molecule has 0 saturated carbocycles. The Kier molecular flexibility index (Phi) is 7.49. The maximum atomic E-state index is 12.7. The number of carbonyl (C=O) groups excluding carboxylic acids is 1. The van der Waals surface area contributed by atoms with Crippen LogP contribution in [-0.4, -0.2) is 33.8 Å². The molecule has 2 amide bonds. The Morgan fingerprint density at radius 3 is 2.33 bits per heavy atom. The van der Waals surface area contributed by atoms with Crippen LogP contribution in [0, 0.1) is 6.92 Å². The average Bonchev–Trinajstić information content (AvgIpc) is 3.08. The number of para-hydroxylation sites is 2. The molecule has 6 heteroatoms. The number of amides is 2. The quantitative estimate of drug-likeness (QED) is 0.524. The summed E-state index contributed by atoms with van der Waals surface area (Å²) in [6.45, 7) is 7.84. The van der Waals surface area contributed by atoms with E-state index in [1.54, 1.807) is 0 Å². The molecule has 0 saturated heterocycles. The molecule has 1 aromatic heterocycles. The van der Waals surface area contributed by atoms with Crippen LogP contribution >= 0.6 is 0 Å². The number of ether oxygens (including phenoxy) is 1. The van der Waals surface area contributed by atoms with Gasteiger partial charge in [0.2, 0.25) is 5.88 Å². The third-order valence-electron chi connectivity index (χ3n) is 4.75. The Morgan fingerprint density at radius 1 is 1.03 bits per heavy atom. The summed E-state index contributed by atoms with van der Waals surface area (Å²) in [7, 11) is 0. The summed E-state index contributed by atoms with van der Waals surface area (Å²) >= 11 is 0. The first-order chi connectivity index (χ1) is 14.6. The zero-order chi connectivity index (χ0) is 21.3. The van der Waals surface area contributed by atoms with Gasteiger partial charge in [-0.2, -0.15) is 5.10 Å². The molecule has 0 aliphatic heterocycles. The molecule has 0 aliphatic rings. The fourth-order valence-corrected chi connectivity index (χ4v) is 3.23. The highest BCUT2D eigenvalue weighted by atomic mass is 16.5. The van der Waals surface area contributed by atoms with Gasteiger partial charge in [0.1, 0.15) is 5.75 Å². The molecule has 2 aromatic carbocycles. The fraction of sp³-hybridized carbons (Fsp3) is 0.333. The topological polar surface area (TPSA) is 59.4 Å². The number of aryl methyl sites for hydroxylation is 1. The fourth-order valence-electron chi connectivity index (χ4n) is 3.23. The van der Waals surface area contributed by atoms with Crippen molar-refractivity contribution in [3.63, 3.8) is 0 Å². The zero-order valence-electron chi connectivity index (χ0n) is 18.0. The van der Waals surface area contributed by atoms with Crippen molar-refractivity contribution in [2.75, 3.05) is 13.1 Å². The van der Waals surface area contributed by atoms with Crippen LogP contribution in [0.3, 0.4) is 0 Å². The number of hydrogen-bond acceptors (Lipinski definition) is 3. The van der Waals surface area contributed by atoms with E-state index in [9.17, 15) is 4.79 Å². The maximum absolute atomic E-state index is 12.7. The summed E-state index contributed by atoms with van der Waals surface area (Å²) in [4.78, 5) is 14.5. The van der Waals surface area contributed by atoms with Crippen LogP contribution in [0.4, 0.5) is 4.79 Å². The summed E-state index contributed by atoms with van der Waals surface area (Å²) in [5, 5.41) is 7.73. The molecule has 1 heterocycles. The van der Waals surface area contributed by atoms with Crippen molar-refractivity contribution in [1.29, 1.82) is 0 Å². The van der Waals surface area contributed by atoms with E-state index in [2.05, 4.69) is 12.2 Å². The number of aromatic nitrogens is 2. The predicted molar refractivity (Wildman–Crippen MR) is 119 cm³/mol.